The third-order valence-corrected chi connectivity index (χ3v) is 1.57. The number of hydrogen-bond acceptors (Lipinski definition) is 4. The Morgan fingerprint density at radius 3 is 2.45 bits per heavy atom. The highest BCUT2D eigenvalue weighted by Crippen LogP contribution is 2.23. The number of nitrogens with one attached hydrogen (secondary N) is 1. The predicted octanol–water partition coefficient (Wildman–Crippen LogP) is 0.109. The zero-order valence-electron chi connectivity index (χ0n) is 6.76. The molecule has 0 aliphatic rings. The Morgan fingerprint density at radius 2 is 2.18 bits per heavy atom. The quantitative estimate of drug-likeness (QED) is 0.566. The van der Waals surface area contributed by atoms with Crippen LogP contribution in [0.25, 0.3) is 0 Å². The monoisotopic (exact) mass is 155 g/mol. The van der Waals surface area contributed by atoms with Gasteiger partial charge in [-0.05, 0) is 6.92 Å². The summed E-state index contributed by atoms with van der Waals surface area (Å²) < 4.78 is 1.65. The van der Waals surface area contributed by atoms with Crippen LogP contribution in [0.15, 0.2) is 0 Å². The van der Waals surface area contributed by atoms with Gasteiger partial charge < -0.3 is 16.8 Å². The minimum Gasteiger partial charge on any atom is -0.382 e. The van der Waals surface area contributed by atoms with Gasteiger partial charge in [-0.3, -0.25) is 0 Å². The summed E-state index contributed by atoms with van der Waals surface area (Å²) in [5.41, 5.74) is 12.0. The molecule has 0 saturated heterocycles. The molecule has 0 aliphatic carbocycles. The van der Waals surface area contributed by atoms with Crippen molar-refractivity contribution >= 4 is 17.3 Å². The number of aromatic nitrogens is 2. The fourth-order valence-corrected chi connectivity index (χ4v) is 0.991. The van der Waals surface area contributed by atoms with Crippen LogP contribution in [0.5, 0.6) is 0 Å². The average molecular weight is 155 g/mol. The Kier molecular flexibility index (Phi) is 1.89. The fraction of sp³-hybridized carbons (Fsp3) is 0.500. The van der Waals surface area contributed by atoms with Gasteiger partial charge >= 0.3 is 0 Å². The number of nitrogen functional groups attached to an aromatic ring is 2. The van der Waals surface area contributed by atoms with Gasteiger partial charge in [-0.15, -0.1) is 0 Å². The number of nitrogens with two attached hydrogens (primary N) is 2. The summed E-state index contributed by atoms with van der Waals surface area (Å²) in [7, 11) is 1.77. The first-order chi connectivity index (χ1) is 5.20. The van der Waals surface area contributed by atoms with Crippen molar-refractivity contribution in [2.45, 2.75) is 13.5 Å². The maximum absolute atomic E-state index is 5.68. The second kappa shape index (κ2) is 2.69. The van der Waals surface area contributed by atoms with E-state index in [2.05, 4.69) is 10.4 Å². The molecule has 0 fully saturated rings. The largest absolute Gasteiger partial charge is 0.382 e. The highest BCUT2D eigenvalue weighted by Gasteiger charge is 2.09. The van der Waals surface area contributed by atoms with E-state index in [1.807, 2.05) is 6.92 Å². The second-order valence-corrected chi connectivity index (χ2v) is 2.21. The highest BCUT2D eigenvalue weighted by atomic mass is 15.3. The van der Waals surface area contributed by atoms with Crippen molar-refractivity contribution in [1.82, 2.24) is 9.78 Å². The third-order valence-electron chi connectivity index (χ3n) is 1.57. The molecule has 0 atom stereocenters. The van der Waals surface area contributed by atoms with Crippen LogP contribution in [0.3, 0.4) is 0 Å². The third kappa shape index (κ3) is 1.09. The lowest BCUT2D eigenvalue weighted by Crippen LogP contribution is -2.03. The molecule has 1 rings (SSSR count). The lowest BCUT2D eigenvalue weighted by atomic mass is 10.5. The van der Waals surface area contributed by atoms with Gasteiger partial charge in [0.15, 0.2) is 5.82 Å². The van der Waals surface area contributed by atoms with E-state index < -0.39 is 0 Å². The van der Waals surface area contributed by atoms with Crippen molar-refractivity contribution < 1.29 is 0 Å². The Balaban J connectivity index is 3.14. The number of hydrogen-bond donors (Lipinski definition) is 3. The molecular weight excluding hydrogens is 142 g/mol. The zero-order valence-corrected chi connectivity index (χ0v) is 6.76. The van der Waals surface area contributed by atoms with Gasteiger partial charge in [0.25, 0.3) is 0 Å². The van der Waals surface area contributed by atoms with E-state index in [-0.39, 0.29) is 0 Å². The van der Waals surface area contributed by atoms with Crippen LogP contribution in [0.4, 0.5) is 17.3 Å². The normalized spacial score (nSPS) is 10.0. The summed E-state index contributed by atoms with van der Waals surface area (Å²) in [6.07, 6.45) is 0. The van der Waals surface area contributed by atoms with Gasteiger partial charge in [-0.2, -0.15) is 5.10 Å². The molecule has 0 saturated carbocycles. The summed E-state index contributed by atoms with van der Waals surface area (Å²) in [6, 6.07) is 0. The topological polar surface area (TPSA) is 81.9 Å². The van der Waals surface area contributed by atoms with Crippen molar-refractivity contribution in [3.63, 3.8) is 0 Å². The maximum atomic E-state index is 5.68. The van der Waals surface area contributed by atoms with Gasteiger partial charge in [0, 0.05) is 13.6 Å². The summed E-state index contributed by atoms with van der Waals surface area (Å²) >= 11 is 0. The van der Waals surface area contributed by atoms with Crippen molar-refractivity contribution in [3.05, 3.63) is 0 Å². The van der Waals surface area contributed by atoms with E-state index in [0.29, 0.717) is 17.3 Å². The lowest BCUT2D eigenvalue weighted by molar-refractivity contribution is 0.673. The minimum absolute atomic E-state index is 0.451. The fourth-order valence-electron chi connectivity index (χ4n) is 0.991. The van der Waals surface area contributed by atoms with Gasteiger partial charge in [0.2, 0.25) is 0 Å². The van der Waals surface area contributed by atoms with Crippen LogP contribution in [0.1, 0.15) is 6.92 Å². The van der Waals surface area contributed by atoms with Crippen LogP contribution >= 0.6 is 0 Å². The molecule has 0 unspecified atom stereocenters. The molecule has 5 N–H and O–H groups in total. The molecule has 0 spiro atoms. The molecule has 0 radical (unpaired) electrons. The Bertz CT molecular complexity index is 252. The van der Waals surface area contributed by atoms with Crippen molar-refractivity contribution in [3.8, 4) is 0 Å². The first-order valence-electron chi connectivity index (χ1n) is 3.50. The van der Waals surface area contributed by atoms with Crippen LogP contribution in [-0.4, -0.2) is 16.8 Å². The minimum atomic E-state index is 0.451. The molecule has 5 heteroatoms. The molecule has 1 aromatic heterocycles. The molecular formula is C6H13N5. The smallest absolute Gasteiger partial charge is 0.171 e. The molecule has 0 aliphatic heterocycles. The molecule has 1 heterocycles. The number of anilines is 3. The van der Waals surface area contributed by atoms with Crippen LogP contribution in [0.2, 0.25) is 0 Å². The van der Waals surface area contributed by atoms with E-state index in [9.17, 15) is 0 Å². The van der Waals surface area contributed by atoms with Gasteiger partial charge in [0.1, 0.15) is 11.5 Å². The van der Waals surface area contributed by atoms with E-state index in [1.165, 1.54) is 0 Å². The van der Waals surface area contributed by atoms with E-state index in [4.69, 9.17) is 11.5 Å². The number of aryl methyl sites for hydroxylation is 1. The first kappa shape index (κ1) is 7.71. The van der Waals surface area contributed by atoms with Crippen LogP contribution in [-0.2, 0) is 6.54 Å². The average Bonchev–Trinajstić information content (AvgIpc) is 2.26. The van der Waals surface area contributed by atoms with Gasteiger partial charge in [-0.1, -0.05) is 0 Å². The van der Waals surface area contributed by atoms with E-state index in [1.54, 1.807) is 11.7 Å². The summed E-state index contributed by atoms with van der Waals surface area (Å²) in [4.78, 5) is 0. The lowest BCUT2D eigenvalue weighted by Gasteiger charge is -1.99. The Labute approximate surface area is 65.4 Å². The number of nitrogens with zero attached hydrogens (tertiary/aromatic N) is 2. The maximum Gasteiger partial charge on any atom is 0.171 e. The zero-order chi connectivity index (χ0) is 8.43. The van der Waals surface area contributed by atoms with E-state index >= 15 is 0 Å². The molecule has 0 aromatic carbocycles. The predicted molar refractivity (Wildman–Crippen MR) is 46.3 cm³/mol. The van der Waals surface area contributed by atoms with Gasteiger partial charge in [-0.25, -0.2) is 4.68 Å². The standard InChI is InChI=1S/C6H13N5/c1-3-11-6(8)4(9-2)5(7)10-11/h9H,3,8H2,1-2H3,(H2,7,10). The van der Waals surface area contributed by atoms with E-state index in [0.717, 1.165) is 6.54 Å². The van der Waals surface area contributed by atoms with Gasteiger partial charge in [0.05, 0.1) is 0 Å². The molecule has 11 heavy (non-hydrogen) atoms. The van der Waals surface area contributed by atoms with Crippen molar-refractivity contribution in [2.24, 2.45) is 0 Å². The molecule has 1 aromatic rings. The summed E-state index contributed by atoms with van der Waals surface area (Å²) in [5, 5.41) is 6.89. The van der Waals surface area contributed by atoms with Crippen LogP contribution < -0.4 is 16.8 Å². The van der Waals surface area contributed by atoms with Crippen LogP contribution in [0, 0.1) is 0 Å². The Morgan fingerprint density at radius 1 is 1.55 bits per heavy atom. The Hall–Kier alpha value is -1.39. The number of rotatable bonds is 2. The molecule has 62 valence electrons. The summed E-state index contributed by atoms with van der Waals surface area (Å²) in [5.74, 6) is 1.04. The van der Waals surface area contributed by atoms with Crippen molar-refractivity contribution in [1.29, 1.82) is 0 Å². The summed E-state index contributed by atoms with van der Waals surface area (Å²) in [6.45, 7) is 2.69. The first-order valence-corrected chi connectivity index (χ1v) is 3.50. The molecule has 0 bridgehead atoms. The molecule has 5 nitrogen and oxygen atoms in total. The van der Waals surface area contributed by atoms with Crippen molar-refractivity contribution in [2.75, 3.05) is 23.8 Å². The molecule has 0 amide bonds. The highest BCUT2D eigenvalue weighted by molar-refractivity contribution is 5.74. The SMILES string of the molecule is CCn1nc(N)c(NC)c1N. The second-order valence-electron chi connectivity index (χ2n) is 2.21.